The average molecular weight is 373 g/mol. The summed E-state index contributed by atoms with van der Waals surface area (Å²) in [5.74, 6) is 0.938. The van der Waals surface area contributed by atoms with E-state index in [0.29, 0.717) is 44.7 Å². The quantitative estimate of drug-likeness (QED) is 0.859. The van der Waals surface area contributed by atoms with Crippen LogP contribution in [0.3, 0.4) is 0 Å². The summed E-state index contributed by atoms with van der Waals surface area (Å²) in [5, 5.41) is 0. The number of carbonyl (C=O) groups excluding carboxylic acids is 2. The van der Waals surface area contributed by atoms with Crippen molar-refractivity contribution in [1.29, 1.82) is 0 Å². The molecule has 2 amide bonds. The zero-order valence-electron chi connectivity index (χ0n) is 16.3. The fraction of sp³-hybridized carbons (Fsp3) is 0.619. The number of ether oxygens (including phenoxy) is 1. The van der Waals surface area contributed by atoms with Crippen molar-refractivity contribution in [3.63, 3.8) is 0 Å². The zero-order chi connectivity index (χ0) is 19.3. The molecule has 1 saturated heterocycles. The molecule has 2 fully saturated rings. The smallest absolute Gasteiger partial charge is 0.253 e. The maximum atomic E-state index is 12.8. The van der Waals surface area contributed by atoms with E-state index in [1.165, 1.54) is 19.3 Å². The van der Waals surface area contributed by atoms with Crippen LogP contribution in [0.15, 0.2) is 24.3 Å². The number of methoxy groups -OCH3 is 1. The predicted molar refractivity (Wildman–Crippen MR) is 105 cm³/mol. The Morgan fingerprint density at radius 3 is 2.15 bits per heavy atom. The van der Waals surface area contributed by atoms with E-state index in [0.717, 1.165) is 18.6 Å². The number of nitrogens with zero attached hydrogens (tertiary/aromatic N) is 2. The lowest BCUT2D eigenvalue weighted by atomic mass is 9.71. The predicted octanol–water partition coefficient (Wildman–Crippen LogP) is 2.28. The largest absolute Gasteiger partial charge is 0.497 e. The van der Waals surface area contributed by atoms with E-state index < -0.39 is 0 Å². The highest BCUT2D eigenvalue weighted by Gasteiger charge is 2.35. The van der Waals surface area contributed by atoms with Crippen LogP contribution >= 0.6 is 0 Å². The Bertz CT molecular complexity index is 645. The molecule has 0 spiro atoms. The number of piperazine rings is 1. The molecule has 27 heavy (non-hydrogen) atoms. The second-order valence-corrected chi connectivity index (χ2v) is 7.84. The lowest BCUT2D eigenvalue weighted by Crippen LogP contribution is -2.51. The van der Waals surface area contributed by atoms with Crippen molar-refractivity contribution in [2.24, 2.45) is 11.1 Å². The zero-order valence-corrected chi connectivity index (χ0v) is 16.3. The monoisotopic (exact) mass is 373 g/mol. The van der Waals surface area contributed by atoms with Gasteiger partial charge in [0.25, 0.3) is 5.91 Å². The Kier molecular flexibility index (Phi) is 6.37. The summed E-state index contributed by atoms with van der Waals surface area (Å²) in [6.07, 6.45) is 6.28. The van der Waals surface area contributed by atoms with Gasteiger partial charge in [-0.1, -0.05) is 19.3 Å². The fourth-order valence-electron chi connectivity index (χ4n) is 4.26. The van der Waals surface area contributed by atoms with Crippen molar-refractivity contribution in [2.75, 3.05) is 39.8 Å². The first kappa shape index (κ1) is 19.7. The Morgan fingerprint density at radius 1 is 1.00 bits per heavy atom. The van der Waals surface area contributed by atoms with Crippen LogP contribution in [0.5, 0.6) is 5.75 Å². The standard InChI is InChI=1S/C21H31N3O3/c1-27-18-7-5-17(6-8-18)20(26)24-13-11-23(12-14-24)19(25)15-21(16-22)9-3-2-4-10-21/h5-8H,2-4,9-16,22H2,1H3. The third kappa shape index (κ3) is 4.61. The minimum absolute atomic E-state index is 0.00855. The Morgan fingerprint density at radius 2 is 1.59 bits per heavy atom. The molecule has 1 aliphatic heterocycles. The van der Waals surface area contributed by atoms with Gasteiger partial charge in [0.05, 0.1) is 7.11 Å². The topological polar surface area (TPSA) is 75.9 Å². The van der Waals surface area contributed by atoms with Gasteiger partial charge in [-0.3, -0.25) is 9.59 Å². The lowest BCUT2D eigenvalue weighted by molar-refractivity contribution is -0.135. The molecule has 1 aromatic carbocycles. The minimum atomic E-state index is -0.00855. The third-order valence-corrected chi connectivity index (χ3v) is 6.13. The van der Waals surface area contributed by atoms with Gasteiger partial charge in [-0.25, -0.2) is 0 Å². The highest BCUT2D eigenvalue weighted by Crippen LogP contribution is 2.38. The van der Waals surface area contributed by atoms with Gasteiger partial charge in [-0.15, -0.1) is 0 Å². The summed E-state index contributed by atoms with van der Waals surface area (Å²) < 4.78 is 5.14. The van der Waals surface area contributed by atoms with Gasteiger partial charge >= 0.3 is 0 Å². The number of benzene rings is 1. The summed E-state index contributed by atoms with van der Waals surface area (Å²) >= 11 is 0. The fourth-order valence-corrected chi connectivity index (χ4v) is 4.26. The molecule has 3 rings (SSSR count). The van der Waals surface area contributed by atoms with E-state index in [1.54, 1.807) is 31.4 Å². The van der Waals surface area contributed by atoms with E-state index >= 15 is 0 Å². The molecule has 0 radical (unpaired) electrons. The Balaban J connectivity index is 1.53. The molecular weight excluding hydrogens is 342 g/mol. The molecule has 0 bridgehead atoms. The number of nitrogens with two attached hydrogens (primary N) is 1. The van der Waals surface area contributed by atoms with E-state index in [1.807, 2.05) is 9.80 Å². The minimum Gasteiger partial charge on any atom is -0.497 e. The van der Waals surface area contributed by atoms with E-state index in [2.05, 4.69) is 0 Å². The van der Waals surface area contributed by atoms with Gasteiger partial charge in [0.2, 0.25) is 5.91 Å². The van der Waals surface area contributed by atoms with Crippen molar-refractivity contribution in [3.05, 3.63) is 29.8 Å². The first-order valence-electron chi connectivity index (χ1n) is 9.98. The van der Waals surface area contributed by atoms with Crippen LogP contribution in [-0.4, -0.2) is 61.4 Å². The molecule has 6 nitrogen and oxygen atoms in total. The SMILES string of the molecule is COc1ccc(C(=O)N2CCN(C(=O)CC3(CN)CCCCC3)CC2)cc1. The second kappa shape index (κ2) is 8.74. The molecular formula is C21H31N3O3. The van der Waals surface area contributed by atoms with Crippen molar-refractivity contribution in [1.82, 2.24) is 9.80 Å². The number of amides is 2. The first-order valence-corrected chi connectivity index (χ1v) is 9.98. The summed E-state index contributed by atoms with van der Waals surface area (Å²) in [7, 11) is 1.61. The van der Waals surface area contributed by atoms with Gasteiger partial charge in [0.15, 0.2) is 0 Å². The van der Waals surface area contributed by atoms with Gasteiger partial charge in [0.1, 0.15) is 5.75 Å². The van der Waals surface area contributed by atoms with Crippen LogP contribution in [-0.2, 0) is 4.79 Å². The van der Waals surface area contributed by atoms with Crippen molar-refractivity contribution in [3.8, 4) is 5.75 Å². The molecule has 1 aliphatic carbocycles. The maximum absolute atomic E-state index is 12.8. The lowest BCUT2D eigenvalue weighted by Gasteiger charge is -2.39. The van der Waals surface area contributed by atoms with Crippen LogP contribution in [0, 0.1) is 5.41 Å². The van der Waals surface area contributed by atoms with Crippen molar-refractivity contribution < 1.29 is 14.3 Å². The van der Waals surface area contributed by atoms with Gasteiger partial charge in [0, 0.05) is 38.2 Å². The molecule has 2 N–H and O–H groups in total. The van der Waals surface area contributed by atoms with Crippen LogP contribution in [0.4, 0.5) is 0 Å². The molecule has 2 aliphatic rings. The molecule has 1 saturated carbocycles. The molecule has 0 unspecified atom stereocenters. The number of hydrogen-bond donors (Lipinski definition) is 1. The third-order valence-electron chi connectivity index (χ3n) is 6.13. The second-order valence-electron chi connectivity index (χ2n) is 7.84. The normalized spacial score (nSPS) is 19.6. The summed E-state index contributed by atoms with van der Waals surface area (Å²) in [6, 6.07) is 7.16. The van der Waals surface area contributed by atoms with Gasteiger partial charge < -0.3 is 20.3 Å². The van der Waals surface area contributed by atoms with Gasteiger partial charge in [-0.2, -0.15) is 0 Å². The van der Waals surface area contributed by atoms with E-state index in [-0.39, 0.29) is 17.2 Å². The molecule has 148 valence electrons. The Labute approximate surface area is 161 Å². The summed E-state index contributed by atoms with van der Waals surface area (Å²) in [6.45, 7) is 2.94. The number of carbonyl (C=O) groups is 2. The first-order chi connectivity index (χ1) is 13.1. The average Bonchev–Trinajstić information content (AvgIpc) is 2.74. The molecule has 1 heterocycles. The highest BCUT2D eigenvalue weighted by atomic mass is 16.5. The summed E-state index contributed by atoms with van der Waals surface area (Å²) in [5.41, 5.74) is 6.67. The van der Waals surface area contributed by atoms with E-state index in [9.17, 15) is 9.59 Å². The van der Waals surface area contributed by atoms with Crippen LogP contribution in [0.2, 0.25) is 0 Å². The number of hydrogen-bond acceptors (Lipinski definition) is 4. The van der Waals surface area contributed by atoms with Crippen LogP contribution in [0.25, 0.3) is 0 Å². The van der Waals surface area contributed by atoms with Crippen LogP contribution < -0.4 is 10.5 Å². The van der Waals surface area contributed by atoms with Gasteiger partial charge in [-0.05, 0) is 49.1 Å². The number of rotatable bonds is 5. The molecule has 0 atom stereocenters. The van der Waals surface area contributed by atoms with Crippen molar-refractivity contribution >= 4 is 11.8 Å². The van der Waals surface area contributed by atoms with E-state index in [4.69, 9.17) is 10.5 Å². The summed E-state index contributed by atoms with van der Waals surface area (Å²) in [4.78, 5) is 29.2. The maximum Gasteiger partial charge on any atom is 0.253 e. The Hall–Kier alpha value is -2.08. The molecule has 1 aromatic rings. The molecule has 6 heteroatoms. The molecule has 0 aromatic heterocycles. The van der Waals surface area contributed by atoms with Crippen LogP contribution in [0.1, 0.15) is 48.9 Å². The highest BCUT2D eigenvalue weighted by molar-refractivity contribution is 5.94. The van der Waals surface area contributed by atoms with Crippen molar-refractivity contribution in [2.45, 2.75) is 38.5 Å².